The second-order valence-corrected chi connectivity index (χ2v) is 6.20. The van der Waals surface area contributed by atoms with Crippen molar-refractivity contribution >= 4 is 16.5 Å². The molecule has 0 aliphatic heterocycles. The fourth-order valence-electron chi connectivity index (χ4n) is 2.01. The Hall–Kier alpha value is -1.88. The van der Waals surface area contributed by atoms with Crippen molar-refractivity contribution in [3.05, 3.63) is 58.5 Å². The molecule has 0 aliphatic carbocycles. The van der Waals surface area contributed by atoms with Gasteiger partial charge in [-0.3, -0.25) is 9.00 Å². The van der Waals surface area contributed by atoms with Crippen LogP contribution in [0.1, 0.15) is 12.0 Å². The van der Waals surface area contributed by atoms with Gasteiger partial charge in [0.25, 0.3) is 5.56 Å². The maximum atomic E-state index is 12.2. The standard InChI is InChI=1S/C15H18N2O2S/c1-12-5-2-3-6-14(12)20(19)10-4-9-17-11-13(16)7-8-15(17)18/h2-3,5-8,11H,4,9-10,16H2,1H3. The molecule has 1 aromatic carbocycles. The number of nitrogens with zero attached hydrogens (tertiary/aromatic N) is 1. The SMILES string of the molecule is Cc1ccccc1S(=O)CCCn1cc(N)ccc1=O. The van der Waals surface area contributed by atoms with Crippen molar-refractivity contribution in [2.75, 3.05) is 11.5 Å². The minimum atomic E-state index is -1.03. The molecule has 1 unspecified atom stereocenters. The van der Waals surface area contributed by atoms with Crippen LogP contribution in [-0.4, -0.2) is 14.5 Å². The van der Waals surface area contributed by atoms with E-state index in [4.69, 9.17) is 5.73 Å². The third kappa shape index (κ3) is 3.57. The lowest BCUT2D eigenvalue weighted by Crippen LogP contribution is -2.20. The summed E-state index contributed by atoms with van der Waals surface area (Å²) in [6.45, 7) is 2.48. The molecule has 0 spiro atoms. The number of aryl methyl sites for hydroxylation is 2. The van der Waals surface area contributed by atoms with Gasteiger partial charge in [0.1, 0.15) is 0 Å². The van der Waals surface area contributed by atoms with E-state index < -0.39 is 10.8 Å². The number of pyridine rings is 1. The second-order valence-electron chi connectivity index (χ2n) is 4.66. The van der Waals surface area contributed by atoms with Gasteiger partial charge in [0.05, 0.1) is 10.8 Å². The first kappa shape index (κ1) is 14.5. The van der Waals surface area contributed by atoms with E-state index in [1.54, 1.807) is 16.8 Å². The van der Waals surface area contributed by atoms with E-state index in [-0.39, 0.29) is 5.56 Å². The van der Waals surface area contributed by atoms with Gasteiger partial charge in [-0.2, -0.15) is 0 Å². The summed E-state index contributed by atoms with van der Waals surface area (Å²) in [5, 5.41) is 0. The predicted molar refractivity (Wildman–Crippen MR) is 82.2 cm³/mol. The average molecular weight is 290 g/mol. The first-order valence-corrected chi connectivity index (χ1v) is 7.80. The van der Waals surface area contributed by atoms with E-state index in [9.17, 15) is 9.00 Å². The first-order valence-electron chi connectivity index (χ1n) is 6.48. The molecule has 1 atom stereocenters. The Morgan fingerprint density at radius 2 is 1.95 bits per heavy atom. The van der Waals surface area contributed by atoms with Crippen LogP contribution in [0.5, 0.6) is 0 Å². The van der Waals surface area contributed by atoms with Gasteiger partial charge in [-0.25, -0.2) is 0 Å². The van der Waals surface area contributed by atoms with E-state index in [1.807, 2.05) is 31.2 Å². The van der Waals surface area contributed by atoms with Crippen LogP contribution < -0.4 is 11.3 Å². The number of benzene rings is 1. The number of aromatic nitrogens is 1. The fraction of sp³-hybridized carbons (Fsp3) is 0.267. The molecular weight excluding hydrogens is 272 g/mol. The topological polar surface area (TPSA) is 65.1 Å². The molecule has 2 N–H and O–H groups in total. The van der Waals surface area contributed by atoms with Crippen molar-refractivity contribution in [2.45, 2.75) is 24.8 Å². The highest BCUT2D eigenvalue weighted by Gasteiger charge is 2.06. The quantitative estimate of drug-likeness (QED) is 0.915. The summed E-state index contributed by atoms with van der Waals surface area (Å²) in [6, 6.07) is 10.7. The van der Waals surface area contributed by atoms with Gasteiger partial charge in [-0.1, -0.05) is 18.2 Å². The molecule has 0 amide bonds. The molecule has 0 bridgehead atoms. The lowest BCUT2D eigenvalue weighted by atomic mass is 10.2. The summed E-state index contributed by atoms with van der Waals surface area (Å²) in [6.07, 6.45) is 2.29. The number of anilines is 1. The Morgan fingerprint density at radius 1 is 1.20 bits per heavy atom. The molecule has 0 radical (unpaired) electrons. The van der Waals surface area contributed by atoms with Crippen LogP contribution in [0.4, 0.5) is 5.69 Å². The average Bonchev–Trinajstić information content (AvgIpc) is 2.43. The zero-order valence-electron chi connectivity index (χ0n) is 11.4. The van der Waals surface area contributed by atoms with Crippen molar-refractivity contribution < 1.29 is 4.21 Å². The summed E-state index contributed by atoms with van der Waals surface area (Å²) in [4.78, 5) is 12.5. The minimum Gasteiger partial charge on any atom is -0.398 e. The van der Waals surface area contributed by atoms with Crippen molar-refractivity contribution in [1.29, 1.82) is 0 Å². The Kier molecular flexibility index (Phi) is 4.74. The highest BCUT2D eigenvalue weighted by Crippen LogP contribution is 2.13. The van der Waals surface area contributed by atoms with E-state index in [0.29, 0.717) is 24.4 Å². The summed E-state index contributed by atoms with van der Waals surface area (Å²) in [5.41, 5.74) is 7.16. The van der Waals surface area contributed by atoms with E-state index in [2.05, 4.69) is 0 Å². The summed E-state index contributed by atoms with van der Waals surface area (Å²) < 4.78 is 13.8. The predicted octanol–water partition coefficient (Wildman–Crippen LogP) is 1.94. The number of nitrogens with two attached hydrogens (primary N) is 1. The number of hydrogen-bond donors (Lipinski definition) is 1. The molecule has 0 aliphatic rings. The molecule has 4 nitrogen and oxygen atoms in total. The molecule has 1 aromatic heterocycles. The van der Waals surface area contributed by atoms with Gasteiger partial charge >= 0.3 is 0 Å². The molecule has 0 saturated heterocycles. The molecular formula is C15H18N2O2S. The molecule has 2 aromatic rings. The second kappa shape index (κ2) is 6.52. The van der Waals surface area contributed by atoms with Gasteiger partial charge in [-0.15, -0.1) is 0 Å². The highest BCUT2D eigenvalue weighted by atomic mass is 32.2. The molecule has 106 valence electrons. The zero-order chi connectivity index (χ0) is 14.5. The van der Waals surface area contributed by atoms with Gasteiger partial charge in [-0.05, 0) is 31.0 Å². The first-order chi connectivity index (χ1) is 9.58. The van der Waals surface area contributed by atoms with Crippen LogP contribution in [0.3, 0.4) is 0 Å². The Labute approximate surface area is 120 Å². The molecule has 0 saturated carbocycles. The van der Waals surface area contributed by atoms with E-state index in [0.717, 1.165) is 10.5 Å². The third-order valence-electron chi connectivity index (χ3n) is 3.07. The monoisotopic (exact) mass is 290 g/mol. The largest absolute Gasteiger partial charge is 0.398 e. The van der Waals surface area contributed by atoms with Crippen molar-refractivity contribution in [1.82, 2.24) is 4.57 Å². The summed E-state index contributed by atoms with van der Waals surface area (Å²) >= 11 is 0. The van der Waals surface area contributed by atoms with Crippen LogP contribution >= 0.6 is 0 Å². The maximum absolute atomic E-state index is 12.2. The minimum absolute atomic E-state index is 0.0825. The number of nitrogen functional groups attached to an aromatic ring is 1. The van der Waals surface area contributed by atoms with Crippen LogP contribution in [0.15, 0.2) is 52.3 Å². The summed E-state index contributed by atoms with van der Waals surface area (Å²) in [7, 11) is -1.03. The van der Waals surface area contributed by atoms with Gasteiger partial charge in [0.15, 0.2) is 0 Å². The van der Waals surface area contributed by atoms with Crippen LogP contribution in [0, 0.1) is 6.92 Å². The third-order valence-corrected chi connectivity index (χ3v) is 4.68. The smallest absolute Gasteiger partial charge is 0.250 e. The fourth-order valence-corrected chi connectivity index (χ4v) is 3.28. The summed E-state index contributed by atoms with van der Waals surface area (Å²) in [5.74, 6) is 0.534. The Bertz CT molecular complexity index is 680. The van der Waals surface area contributed by atoms with Crippen molar-refractivity contribution in [3.8, 4) is 0 Å². The number of hydrogen-bond acceptors (Lipinski definition) is 3. The van der Waals surface area contributed by atoms with E-state index in [1.165, 1.54) is 6.07 Å². The molecule has 0 fully saturated rings. The molecule has 2 rings (SSSR count). The Morgan fingerprint density at radius 3 is 2.70 bits per heavy atom. The molecule has 5 heteroatoms. The van der Waals surface area contributed by atoms with E-state index >= 15 is 0 Å². The van der Waals surface area contributed by atoms with Crippen LogP contribution in [-0.2, 0) is 17.3 Å². The molecule has 1 heterocycles. The van der Waals surface area contributed by atoms with Gasteiger partial charge in [0, 0.05) is 35.1 Å². The Balaban J connectivity index is 1.96. The van der Waals surface area contributed by atoms with Crippen LogP contribution in [0.25, 0.3) is 0 Å². The van der Waals surface area contributed by atoms with Gasteiger partial charge < -0.3 is 10.3 Å². The van der Waals surface area contributed by atoms with Crippen LogP contribution in [0.2, 0.25) is 0 Å². The zero-order valence-corrected chi connectivity index (χ0v) is 12.2. The maximum Gasteiger partial charge on any atom is 0.250 e. The lowest BCUT2D eigenvalue weighted by molar-refractivity contribution is 0.644. The van der Waals surface area contributed by atoms with Crippen molar-refractivity contribution in [3.63, 3.8) is 0 Å². The highest BCUT2D eigenvalue weighted by molar-refractivity contribution is 7.85. The van der Waals surface area contributed by atoms with Crippen molar-refractivity contribution in [2.24, 2.45) is 0 Å². The number of rotatable bonds is 5. The normalized spacial score (nSPS) is 12.2. The molecule has 20 heavy (non-hydrogen) atoms. The lowest BCUT2D eigenvalue weighted by Gasteiger charge is -2.08. The van der Waals surface area contributed by atoms with Gasteiger partial charge in [0.2, 0.25) is 0 Å².